The van der Waals surface area contributed by atoms with E-state index in [4.69, 9.17) is 16.2 Å². The van der Waals surface area contributed by atoms with E-state index in [1.807, 2.05) is 0 Å². The fraction of sp³-hybridized carbons (Fsp3) is 0.333. The SMILES string of the molecule is COc1ccc(S(=O)(=O)NC2CN(C(N)=O)C2)cc1C(N)=O. The Morgan fingerprint density at radius 2 is 1.95 bits per heavy atom. The Kier molecular flexibility index (Phi) is 4.24. The lowest BCUT2D eigenvalue weighted by atomic mass is 10.1. The summed E-state index contributed by atoms with van der Waals surface area (Å²) in [5.41, 5.74) is 10.2. The minimum Gasteiger partial charge on any atom is -0.496 e. The smallest absolute Gasteiger partial charge is 0.314 e. The number of nitrogens with one attached hydrogen (secondary N) is 1. The lowest BCUT2D eigenvalue weighted by Gasteiger charge is -2.37. The van der Waals surface area contributed by atoms with E-state index in [9.17, 15) is 18.0 Å². The number of sulfonamides is 1. The molecule has 0 aliphatic carbocycles. The van der Waals surface area contributed by atoms with E-state index < -0.39 is 28.0 Å². The predicted molar refractivity (Wildman–Crippen MR) is 76.8 cm³/mol. The normalized spacial score (nSPS) is 15.2. The minimum atomic E-state index is -3.84. The first-order chi connectivity index (χ1) is 10.2. The predicted octanol–water partition coefficient (Wildman–Crippen LogP) is -1.16. The molecule has 0 spiro atoms. The fourth-order valence-corrected chi connectivity index (χ4v) is 3.31. The van der Waals surface area contributed by atoms with E-state index in [1.165, 1.54) is 24.1 Å². The monoisotopic (exact) mass is 328 g/mol. The second-order valence-electron chi connectivity index (χ2n) is 4.79. The number of carbonyl (C=O) groups is 2. The van der Waals surface area contributed by atoms with Gasteiger partial charge in [-0.05, 0) is 18.2 Å². The topological polar surface area (TPSA) is 145 Å². The van der Waals surface area contributed by atoms with Crippen LogP contribution >= 0.6 is 0 Å². The highest BCUT2D eigenvalue weighted by atomic mass is 32.2. The highest BCUT2D eigenvalue weighted by molar-refractivity contribution is 7.89. The molecule has 0 unspecified atom stereocenters. The molecule has 120 valence electrons. The number of ether oxygens (including phenoxy) is 1. The molecule has 0 atom stereocenters. The number of methoxy groups -OCH3 is 1. The van der Waals surface area contributed by atoms with Crippen LogP contribution in [-0.2, 0) is 10.0 Å². The fourth-order valence-electron chi connectivity index (χ4n) is 2.07. The molecule has 22 heavy (non-hydrogen) atoms. The number of amides is 3. The van der Waals surface area contributed by atoms with Gasteiger partial charge >= 0.3 is 6.03 Å². The van der Waals surface area contributed by atoms with Crippen LogP contribution in [-0.4, -0.2) is 51.5 Å². The summed E-state index contributed by atoms with van der Waals surface area (Å²) in [6.45, 7) is 0.404. The first kappa shape index (κ1) is 16.0. The Morgan fingerprint density at radius 3 is 2.45 bits per heavy atom. The summed E-state index contributed by atoms with van der Waals surface area (Å²) in [5.74, 6) is -0.604. The zero-order chi connectivity index (χ0) is 16.5. The van der Waals surface area contributed by atoms with E-state index in [0.717, 1.165) is 6.07 Å². The molecule has 3 amide bonds. The molecule has 1 saturated heterocycles. The van der Waals surface area contributed by atoms with E-state index >= 15 is 0 Å². The quantitative estimate of drug-likeness (QED) is 0.624. The van der Waals surface area contributed by atoms with Crippen molar-refractivity contribution < 1.29 is 22.7 Å². The molecule has 1 aromatic rings. The third-order valence-electron chi connectivity index (χ3n) is 3.26. The lowest BCUT2D eigenvalue weighted by Crippen LogP contribution is -2.62. The van der Waals surface area contributed by atoms with Crippen LogP contribution in [0.15, 0.2) is 23.1 Å². The van der Waals surface area contributed by atoms with Crippen LogP contribution in [0.2, 0.25) is 0 Å². The van der Waals surface area contributed by atoms with Crippen molar-refractivity contribution in [1.29, 1.82) is 0 Å². The third-order valence-corrected chi connectivity index (χ3v) is 4.78. The molecule has 9 nitrogen and oxygen atoms in total. The zero-order valence-electron chi connectivity index (χ0n) is 11.8. The van der Waals surface area contributed by atoms with Crippen LogP contribution < -0.4 is 20.9 Å². The van der Waals surface area contributed by atoms with E-state index in [2.05, 4.69) is 4.72 Å². The summed E-state index contributed by atoms with van der Waals surface area (Å²) in [7, 11) is -2.49. The molecule has 0 radical (unpaired) electrons. The Labute approximate surface area is 127 Å². The van der Waals surface area contributed by atoms with Gasteiger partial charge in [0.2, 0.25) is 10.0 Å². The number of nitrogens with two attached hydrogens (primary N) is 2. The third kappa shape index (κ3) is 3.12. The molecule has 0 saturated carbocycles. The first-order valence-electron chi connectivity index (χ1n) is 6.29. The maximum Gasteiger partial charge on any atom is 0.314 e. The Bertz CT molecular complexity index is 712. The molecule has 10 heteroatoms. The summed E-state index contributed by atoms with van der Waals surface area (Å²) >= 11 is 0. The van der Waals surface area contributed by atoms with Gasteiger partial charge in [0.15, 0.2) is 0 Å². The molecule has 0 bridgehead atoms. The van der Waals surface area contributed by atoms with Gasteiger partial charge in [-0.25, -0.2) is 17.9 Å². The van der Waals surface area contributed by atoms with Gasteiger partial charge in [-0.3, -0.25) is 4.79 Å². The van der Waals surface area contributed by atoms with E-state index in [0.29, 0.717) is 0 Å². The first-order valence-corrected chi connectivity index (χ1v) is 7.77. The Morgan fingerprint density at radius 1 is 1.32 bits per heavy atom. The van der Waals surface area contributed by atoms with Crippen LogP contribution in [0.3, 0.4) is 0 Å². The second kappa shape index (κ2) is 5.81. The largest absolute Gasteiger partial charge is 0.496 e. The van der Waals surface area contributed by atoms with Crippen molar-refractivity contribution in [2.45, 2.75) is 10.9 Å². The average molecular weight is 328 g/mol. The number of benzene rings is 1. The molecular weight excluding hydrogens is 312 g/mol. The van der Waals surface area contributed by atoms with E-state index in [-0.39, 0.29) is 29.3 Å². The molecular formula is C12H16N4O5S. The van der Waals surface area contributed by atoms with Crippen LogP contribution in [0, 0.1) is 0 Å². The minimum absolute atomic E-state index is 0.0299. The molecule has 5 N–H and O–H groups in total. The standard InChI is InChI=1S/C12H16N4O5S/c1-21-10-3-2-8(4-9(10)11(13)17)22(19,20)15-7-5-16(6-7)12(14)18/h2-4,7,15H,5-6H2,1H3,(H2,13,17)(H2,14,18). The summed E-state index contributed by atoms with van der Waals surface area (Å²) < 4.78 is 31.9. The number of carbonyl (C=O) groups excluding carboxylic acids is 2. The van der Waals surface area contributed by atoms with Gasteiger partial charge < -0.3 is 21.1 Å². The number of rotatable bonds is 5. The Hall–Kier alpha value is -2.33. The van der Waals surface area contributed by atoms with Crippen LogP contribution in [0.5, 0.6) is 5.75 Å². The number of nitrogens with zero attached hydrogens (tertiary/aromatic N) is 1. The maximum absolute atomic E-state index is 12.2. The highest BCUT2D eigenvalue weighted by Crippen LogP contribution is 2.22. The molecule has 1 aliphatic rings. The summed E-state index contributed by atoms with van der Waals surface area (Å²) in [5, 5.41) is 0. The van der Waals surface area contributed by atoms with Crippen molar-refractivity contribution in [3.8, 4) is 5.75 Å². The van der Waals surface area contributed by atoms with Gasteiger partial charge in [0.1, 0.15) is 5.75 Å². The lowest BCUT2D eigenvalue weighted by molar-refractivity contribution is 0.0997. The van der Waals surface area contributed by atoms with E-state index in [1.54, 1.807) is 0 Å². The number of likely N-dealkylation sites (tertiary alicyclic amines) is 1. The molecule has 1 aromatic carbocycles. The summed E-state index contributed by atoms with van der Waals surface area (Å²) in [6, 6.07) is 2.78. The summed E-state index contributed by atoms with van der Waals surface area (Å²) in [6.07, 6.45) is 0. The second-order valence-corrected chi connectivity index (χ2v) is 6.50. The number of hydrogen-bond acceptors (Lipinski definition) is 5. The highest BCUT2D eigenvalue weighted by Gasteiger charge is 2.33. The van der Waals surface area contributed by atoms with Crippen LogP contribution in [0.1, 0.15) is 10.4 Å². The van der Waals surface area contributed by atoms with Crippen molar-refractivity contribution in [3.63, 3.8) is 0 Å². The average Bonchev–Trinajstić information content (AvgIpc) is 2.41. The van der Waals surface area contributed by atoms with Crippen LogP contribution in [0.25, 0.3) is 0 Å². The van der Waals surface area contributed by atoms with Crippen molar-refractivity contribution in [3.05, 3.63) is 23.8 Å². The van der Waals surface area contributed by atoms with Gasteiger partial charge in [0.05, 0.1) is 23.6 Å². The van der Waals surface area contributed by atoms with Gasteiger partial charge in [0, 0.05) is 13.1 Å². The van der Waals surface area contributed by atoms with Crippen molar-refractivity contribution >= 4 is 22.0 Å². The van der Waals surface area contributed by atoms with Crippen molar-refractivity contribution in [2.75, 3.05) is 20.2 Å². The Balaban J connectivity index is 2.18. The van der Waals surface area contributed by atoms with Crippen LogP contribution in [0.4, 0.5) is 4.79 Å². The molecule has 1 heterocycles. The number of primary amides is 2. The number of urea groups is 1. The van der Waals surface area contributed by atoms with Crippen molar-refractivity contribution in [1.82, 2.24) is 9.62 Å². The molecule has 0 aromatic heterocycles. The zero-order valence-corrected chi connectivity index (χ0v) is 12.6. The molecule has 1 fully saturated rings. The molecule has 2 rings (SSSR count). The number of hydrogen-bond donors (Lipinski definition) is 3. The van der Waals surface area contributed by atoms with Gasteiger partial charge in [-0.2, -0.15) is 0 Å². The van der Waals surface area contributed by atoms with Gasteiger partial charge in [0.25, 0.3) is 5.91 Å². The van der Waals surface area contributed by atoms with Gasteiger partial charge in [-0.1, -0.05) is 0 Å². The maximum atomic E-state index is 12.2. The van der Waals surface area contributed by atoms with Gasteiger partial charge in [-0.15, -0.1) is 0 Å². The van der Waals surface area contributed by atoms with Crippen molar-refractivity contribution in [2.24, 2.45) is 11.5 Å². The summed E-state index contributed by atoms with van der Waals surface area (Å²) in [4.78, 5) is 23.4. The molecule has 1 aliphatic heterocycles.